The zero-order valence-corrected chi connectivity index (χ0v) is 12.7. The van der Waals surface area contributed by atoms with E-state index < -0.39 is 15.9 Å². The molecule has 0 bridgehead atoms. The molecule has 21 heavy (non-hydrogen) atoms. The zero-order chi connectivity index (χ0) is 15.5. The van der Waals surface area contributed by atoms with Crippen LogP contribution in [-0.2, 0) is 14.8 Å². The zero-order valence-electron chi connectivity index (χ0n) is 11.1. The van der Waals surface area contributed by atoms with Crippen LogP contribution in [0.3, 0.4) is 0 Å². The van der Waals surface area contributed by atoms with E-state index in [1.54, 1.807) is 12.3 Å². The van der Waals surface area contributed by atoms with Crippen molar-refractivity contribution < 1.29 is 17.9 Å². The van der Waals surface area contributed by atoms with Gasteiger partial charge in [0.05, 0.1) is 10.6 Å². The molecule has 0 spiro atoms. The standard InChI is InChI=1S/C12H13N3O4S2/c1-8-7-20-12(14-8)15-21(17,18)10-4-2-9(3-5-10)19-6-11(13)16/h2-5,7H,6H2,1H3,(H2,13,16)(H,14,15). The number of aryl methyl sites for hydroxylation is 1. The molecule has 9 heteroatoms. The van der Waals surface area contributed by atoms with Gasteiger partial charge < -0.3 is 10.5 Å². The maximum atomic E-state index is 12.1. The number of nitrogens with two attached hydrogens (primary N) is 1. The predicted molar refractivity (Wildman–Crippen MR) is 78.8 cm³/mol. The third kappa shape index (κ3) is 4.17. The maximum absolute atomic E-state index is 12.1. The van der Waals surface area contributed by atoms with Crippen LogP contribution in [0, 0.1) is 6.92 Å². The Morgan fingerprint density at radius 3 is 2.57 bits per heavy atom. The minimum absolute atomic E-state index is 0.0711. The Balaban J connectivity index is 2.11. The van der Waals surface area contributed by atoms with E-state index in [9.17, 15) is 13.2 Å². The van der Waals surface area contributed by atoms with E-state index in [0.29, 0.717) is 10.9 Å². The quantitative estimate of drug-likeness (QED) is 0.825. The van der Waals surface area contributed by atoms with Crippen molar-refractivity contribution in [1.29, 1.82) is 0 Å². The minimum Gasteiger partial charge on any atom is -0.484 e. The third-order valence-electron chi connectivity index (χ3n) is 2.36. The number of aromatic nitrogens is 1. The number of rotatable bonds is 6. The van der Waals surface area contributed by atoms with E-state index in [-0.39, 0.29) is 11.5 Å². The smallest absolute Gasteiger partial charge is 0.263 e. The third-order valence-corrected chi connectivity index (χ3v) is 4.72. The number of ether oxygens (including phenoxy) is 1. The van der Waals surface area contributed by atoms with Crippen molar-refractivity contribution in [1.82, 2.24) is 4.98 Å². The van der Waals surface area contributed by atoms with Gasteiger partial charge in [0.2, 0.25) is 0 Å². The normalized spacial score (nSPS) is 11.1. The highest BCUT2D eigenvalue weighted by atomic mass is 32.2. The summed E-state index contributed by atoms with van der Waals surface area (Å²) in [7, 11) is -3.70. The lowest BCUT2D eigenvalue weighted by Gasteiger charge is -2.07. The van der Waals surface area contributed by atoms with E-state index >= 15 is 0 Å². The SMILES string of the molecule is Cc1csc(NS(=O)(=O)c2ccc(OCC(N)=O)cc2)n1. The molecular weight excluding hydrogens is 314 g/mol. The first-order valence-electron chi connectivity index (χ1n) is 5.83. The van der Waals surface area contributed by atoms with Gasteiger partial charge >= 0.3 is 0 Å². The topological polar surface area (TPSA) is 111 Å². The van der Waals surface area contributed by atoms with Crippen LogP contribution >= 0.6 is 11.3 Å². The summed E-state index contributed by atoms with van der Waals surface area (Å²) in [4.78, 5) is 14.7. The van der Waals surface area contributed by atoms with Crippen LogP contribution in [0.5, 0.6) is 5.75 Å². The molecule has 1 heterocycles. The molecular formula is C12H13N3O4S2. The van der Waals surface area contributed by atoms with Crippen LogP contribution in [0.2, 0.25) is 0 Å². The Hall–Kier alpha value is -2.13. The molecule has 0 saturated carbocycles. The average molecular weight is 327 g/mol. The van der Waals surface area contributed by atoms with Crippen molar-refractivity contribution >= 4 is 32.4 Å². The summed E-state index contributed by atoms with van der Waals surface area (Å²) in [6.45, 7) is 1.52. The number of primary amides is 1. The molecule has 0 saturated heterocycles. The average Bonchev–Trinajstić information content (AvgIpc) is 2.81. The Kier molecular flexibility index (Phi) is 4.43. The molecule has 0 atom stereocenters. The summed E-state index contributed by atoms with van der Waals surface area (Å²) >= 11 is 1.21. The number of carbonyl (C=O) groups excluding carboxylic acids is 1. The number of sulfonamides is 1. The van der Waals surface area contributed by atoms with E-state index in [0.717, 1.165) is 5.69 Å². The van der Waals surface area contributed by atoms with Crippen LogP contribution in [0.1, 0.15) is 5.69 Å². The van der Waals surface area contributed by atoms with Crippen LogP contribution in [0.25, 0.3) is 0 Å². The molecule has 2 aromatic rings. The van der Waals surface area contributed by atoms with Crippen molar-refractivity contribution in [3.63, 3.8) is 0 Å². The summed E-state index contributed by atoms with van der Waals surface area (Å²) in [5, 5.41) is 2.06. The second-order valence-corrected chi connectivity index (χ2v) is 6.67. The van der Waals surface area contributed by atoms with Crippen molar-refractivity contribution in [2.75, 3.05) is 11.3 Å². The Morgan fingerprint density at radius 1 is 1.38 bits per heavy atom. The van der Waals surface area contributed by atoms with Crippen LogP contribution in [0.4, 0.5) is 5.13 Å². The van der Waals surface area contributed by atoms with Gasteiger partial charge in [0.1, 0.15) is 5.75 Å². The molecule has 0 aliphatic heterocycles. The number of anilines is 1. The lowest BCUT2D eigenvalue weighted by Crippen LogP contribution is -2.20. The molecule has 1 aromatic heterocycles. The Bertz CT molecular complexity index is 738. The van der Waals surface area contributed by atoms with Gasteiger partial charge in [-0.15, -0.1) is 11.3 Å². The molecule has 2 rings (SSSR count). The van der Waals surface area contributed by atoms with Gasteiger partial charge in [-0.2, -0.15) is 0 Å². The van der Waals surface area contributed by atoms with Gasteiger partial charge in [0.25, 0.3) is 15.9 Å². The number of carbonyl (C=O) groups is 1. The number of nitrogens with one attached hydrogen (secondary N) is 1. The number of benzene rings is 1. The first-order chi connectivity index (χ1) is 9.87. The summed E-state index contributed by atoms with van der Waals surface area (Å²) in [5.41, 5.74) is 5.70. The molecule has 1 aromatic carbocycles. The number of nitrogens with zero attached hydrogens (tertiary/aromatic N) is 1. The fourth-order valence-electron chi connectivity index (χ4n) is 1.44. The van der Waals surface area contributed by atoms with E-state index in [1.807, 2.05) is 0 Å². The minimum atomic E-state index is -3.70. The first-order valence-corrected chi connectivity index (χ1v) is 8.19. The largest absolute Gasteiger partial charge is 0.484 e. The molecule has 112 valence electrons. The van der Waals surface area contributed by atoms with E-state index in [2.05, 4.69) is 9.71 Å². The summed E-state index contributed by atoms with van der Waals surface area (Å²) in [6, 6.07) is 5.65. The molecule has 3 N–H and O–H groups in total. The molecule has 1 amide bonds. The molecule has 0 radical (unpaired) electrons. The van der Waals surface area contributed by atoms with Crippen LogP contribution in [-0.4, -0.2) is 25.9 Å². The molecule has 0 unspecified atom stereocenters. The van der Waals surface area contributed by atoms with Crippen molar-refractivity contribution in [3.05, 3.63) is 35.3 Å². The van der Waals surface area contributed by atoms with Crippen molar-refractivity contribution in [2.45, 2.75) is 11.8 Å². The summed E-state index contributed by atoms with van der Waals surface area (Å²) in [5.74, 6) is -0.245. The van der Waals surface area contributed by atoms with Gasteiger partial charge in [-0.25, -0.2) is 13.4 Å². The number of amides is 1. The van der Waals surface area contributed by atoms with Crippen LogP contribution < -0.4 is 15.2 Å². The van der Waals surface area contributed by atoms with Gasteiger partial charge in [-0.1, -0.05) is 0 Å². The molecule has 0 aliphatic carbocycles. The summed E-state index contributed by atoms with van der Waals surface area (Å²) < 4.78 is 31.7. The highest BCUT2D eigenvalue weighted by Gasteiger charge is 2.15. The Morgan fingerprint density at radius 2 is 2.05 bits per heavy atom. The Labute approximate surface area is 125 Å². The van der Waals surface area contributed by atoms with Gasteiger partial charge in [-0.05, 0) is 31.2 Å². The summed E-state index contributed by atoms with van der Waals surface area (Å²) in [6.07, 6.45) is 0. The highest BCUT2D eigenvalue weighted by molar-refractivity contribution is 7.93. The first kappa shape index (κ1) is 15.3. The molecule has 0 fully saturated rings. The lowest BCUT2D eigenvalue weighted by molar-refractivity contribution is -0.119. The lowest BCUT2D eigenvalue weighted by atomic mass is 10.3. The van der Waals surface area contributed by atoms with Gasteiger partial charge in [0.15, 0.2) is 11.7 Å². The fourth-order valence-corrected chi connectivity index (χ4v) is 3.39. The van der Waals surface area contributed by atoms with Crippen molar-refractivity contribution in [3.8, 4) is 5.75 Å². The second-order valence-electron chi connectivity index (χ2n) is 4.13. The second kappa shape index (κ2) is 6.10. The fraction of sp³-hybridized carbons (Fsp3) is 0.167. The molecule has 0 aliphatic rings. The van der Waals surface area contributed by atoms with E-state index in [4.69, 9.17) is 10.5 Å². The van der Waals surface area contributed by atoms with Crippen molar-refractivity contribution in [2.24, 2.45) is 5.73 Å². The molecule has 7 nitrogen and oxygen atoms in total. The highest BCUT2D eigenvalue weighted by Crippen LogP contribution is 2.21. The van der Waals surface area contributed by atoms with Gasteiger partial charge in [0, 0.05) is 5.38 Å². The number of thiazole rings is 1. The number of hydrogen-bond acceptors (Lipinski definition) is 6. The predicted octanol–water partition coefficient (Wildman–Crippen LogP) is 1.12. The van der Waals surface area contributed by atoms with Gasteiger partial charge in [-0.3, -0.25) is 9.52 Å². The van der Waals surface area contributed by atoms with Crippen LogP contribution in [0.15, 0.2) is 34.5 Å². The maximum Gasteiger partial charge on any atom is 0.263 e. The number of hydrogen-bond donors (Lipinski definition) is 2. The van der Waals surface area contributed by atoms with E-state index in [1.165, 1.54) is 35.6 Å². The monoisotopic (exact) mass is 327 g/mol.